The summed E-state index contributed by atoms with van der Waals surface area (Å²) in [7, 11) is 3.21. The van der Waals surface area contributed by atoms with Crippen molar-refractivity contribution in [3.8, 4) is 0 Å². The first-order chi connectivity index (χ1) is 5.76. The van der Waals surface area contributed by atoms with Gasteiger partial charge in [-0.25, -0.2) is 4.79 Å². The minimum Gasteiger partial charge on any atom is -0.383 e. The number of carbonyl (C=O) groups excluding carboxylic acids is 1. The lowest BCUT2D eigenvalue weighted by Gasteiger charge is -2.19. The van der Waals surface area contributed by atoms with E-state index in [1.807, 2.05) is 0 Å². The molecule has 0 bridgehead atoms. The lowest BCUT2D eigenvalue weighted by molar-refractivity contribution is 0.155. The summed E-state index contributed by atoms with van der Waals surface area (Å²) in [5, 5.41) is 2.54. The first-order valence-electron chi connectivity index (χ1n) is 3.82. The van der Waals surface area contributed by atoms with Gasteiger partial charge in [-0.2, -0.15) is 0 Å². The molecule has 1 N–H and O–H groups in total. The smallest absolute Gasteiger partial charge is 0.317 e. The van der Waals surface area contributed by atoms with E-state index in [4.69, 9.17) is 4.74 Å². The lowest BCUT2D eigenvalue weighted by Crippen LogP contribution is -2.40. The Bertz CT molecular complexity index is 148. The van der Waals surface area contributed by atoms with Gasteiger partial charge in [-0.3, -0.25) is 0 Å². The van der Waals surface area contributed by atoms with Gasteiger partial charge in [0.1, 0.15) is 0 Å². The number of hydrogen-bond donors (Lipinski definition) is 1. The van der Waals surface area contributed by atoms with Gasteiger partial charge < -0.3 is 15.0 Å². The second-order valence-electron chi connectivity index (χ2n) is 2.28. The molecule has 0 saturated heterocycles. The fourth-order valence-electron chi connectivity index (χ4n) is 0.791. The summed E-state index contributed by atoms with van der Waals surface area (Å²) in [6.45, 7) is 5.24. The van der Waals surface area contributed by atoms with Gasteiger partial charge >= 0.3 is 6.03 Å². The SMILES string of the molecule is C=CCN(CCOC)C(=O)NC. The van der Waals surface area contributed by atoms with E-state index < -0.39 is 0 Å². The summed E-state index contributed by atoms with van der Waals surface area (Å²) >= 11 is 0. The zero-order chi connectivity index (χ0) is 9.40. The molecule has 0 radical (unpaired) electrons. The highest BCUT2D eigenvalue weighted by molar-refractivity contribution is 5.73. The van der Waals surface area contributed by atoms with Crippen LogP contribution in [0, 0.1) is 0 Å². The molecule has 70 valence electrons. The van der Waals surface area contributed by atoms with E-state index >= 15 is 0 Å². The number of nitrogens with one attached hydrogen (secondary N) is 1. The number of carbonyl (C=O) groups is 1. The van der Waals surface area contributed by atoms with Crippen LogP contribution in [0.15, 0.2) is 12.7 Å². The van der Waals surface area contributed by atoms with E-state index in [-0.39, 0.29) is 6.03 Å². The van der Waals surface area contributed by atoms with Crippen LogP contribution in [0.2, 0.25) is 0 Å². The van der Waals surface area contributed by atoms with Crippen LogP contribution in [-0.4, -0.2) is 44.8 Å². The molecule has 0 atom stereocenters. The maximum Gasteiger partial charge on any atom is 0.317 e. The molecule has 12 heavy (non-hydrogen) atoms. The summed E-state index contributed by atoms with van der Waals surface area (Å²) in [5.74, 6) is 0. The van der Waals surface area contributed by atoms with Gasteiger partial charge in [-0.05, 0) is 0 Å². The average Bonchev–Trinajstić information content (AvgIpc) is 2.11. The van der Waals surface area contributed by atoms with Crippen molar-refractivity contribution in [2.75, 3.05) is 33.9 Å². The maximum atomic E-state index is 11.1. The molecule has 0 heterocycles. The van der Waals surface area contributed by atoms with Crippen LogP contribution in [0.25, 0.3) is 0 Å². The molecule has 0 rings (SSSR count). The van der Waals surface area contributed by atoms with E-state index in [2.05, 4.69) is 11.9 Å². The molecule has 4 heteroatoms. The highest BCUT2D eigenvalue weighted by Crippen LogP contribution is 1.89. The van der Waals surface area contributed by atoms with Crippen molar-refractivity contribution < 1.29 is 9.53 Å². The largest absolute Gasteiger partial charge is 0.383 e. The summed E-state index contributed by atoms with van der Waals surface area (Å²) in [5.41, 5.74) is 0. The third-order valence-electron chi connectivity index (χ3n) is 1.42. The molecule has 0 saturated carbocycles. The van der Waals surface area contributed by atoms with Crippen LogP contribution >= 0.6 is 0 Å². The first-order valence-corrected chi connectivity index (χ1v) is 3.82. The Morgan fingerprint density at radius 1 is 1.75 bits per heavy atom. The fraction of sp³-hybridized carbons (Fsp3) is 0.625. The van der Waals surface area contributed by atoms with Gasteiger partial charge in [0.15, 0.2) is 0 Å². The Kier molecular flexibility index (Phi) is 6.09. The Balaban J connectivity index is 3.84. The van der Waals surface area contributed by atoms with Crippen LogP contribution in [-0.2, 0) is 4.74 Å². The Morgan fingerprint density at radius 2 is 2.42 bits per heavy atom. The predicted octanol–water partition coefficient (Wildman–Crippen LogP) is 0.460. The molecule has 4 nitrogen and oxygen atoms in total. The van der Waals surface area contributed by atoms with Crippen LogP contribution in [0.3, 0.4) is 0 Å². The molecule has 0 aliphatic heterocycles. The third-order valence-corrected chi connectivity index (χ3v) is 1.42. The van der Waals surface area contributed by atoms with Crippen molar-refractivity contribution in [1.29, 1.82) is 0 Å². The van der Waals surface area contributed by atoms with Crippen LogP contribution in [0.5, 0.6) is 0 Å². The average molecular weight is 172 g/mol. The molecule has 0 aromatic heterocycles. The summed E-state index contributed by atoms with van der Waals surface area (Å²) in [6.07, 6.45) is 1.69. The topological polar surface area (TPSA) is 41.6 Å². The quantitative estimate of drug-likeness (QED) is 0.612. The normalized spacial score (nSPS) is 9.17. The molecular weight excluding hydrogens is 156 g/mol. The minimum atomic E-state index is -0.105. The standard InChI is InChI=1S/C8H16N2O2/c1-4-5-10(6-7-12-3)8(11)9-2/h4H,1,5-7H2,2-3H3,(H,9,11). The summed E-state index contributed by atoms with van der Waals surface area (Å²) in [4.78, 5) is 12.7. The third kappa shape index (κ3) is 3.98. The van der Waals surface area contributed by atoms with E-state index in [1.165, 1.54) is 0 Å². The Hall–Kier alpha value is -1.03. The fourth-order valence-corrected chi connectivity index (χ4v) is 0.791. The molecule has 0 fully saturated rings. The van der Waals surface area contributed by atoms with Gasteiger partial charge in [0.25, 0.3) is 0 Å². The summed E-state index contributed by atoms with van der Waals surface area (Å²) < 4.78 is 4.86. The molecule has 0 unspecified atom stereocenters. The van der Waals surface area contributed by atoms with Crippen molar-refractivity contribution in [2.24, 2.45) is 0 Å². The molecule has 0 aromatic carbocycles. The van der Waals surface area contributed by atoms with Crippen molar-refractivity contribution in [2.45, 2.75) is 0 Å². The van der Waals surface area contributed by atoms with Gasteiger partial charge in [-0.15, -0.1) is 6.58 Å². The number of amides is 2. The van der Waals surface area contributed by atoms with Crippen molar-refractivity contribution in [3.05, 3.63) is 12.7 Å². The van der Waals surface area contributed by atoms with E-state index in [1.54, 1.807) is 25.1 Å². The molecule has 0 aliphatic carbocycles. The van der Waals surface area contributed by atoms with Crippen LogP contribution in [0.1, 0.15) is 0 Å². The summed E-state index contributed by atoms with van der Waals surface area (Å²) in [6, 6.07) is -0.105. The van der Waals surface area contributed by atoms with Gasteiger partial charge in [0, 0.05) is 27.2 Å². The molecule has 0 aromatic rings. The molecule has 0 aliphatic rings. The minimum absolute atomic E-state index is 0.105. The van der Waals surface area contributed by atoms with Crippen LogP contribution in [0.4, 0.5) is 4.79 Å². The first kappa shape index (κ1) is 11.0. The van der Waals surface area contributed by atoms with Crippen LogP contribution < -0.4 is 5.32 Å². The Labute approximate surface area is 73.2 Å². The van der Waals surface area contributed by atoms with Gasteiger partial charge in [0.05, 0.1) is 6.61 Å². The lowest BCUT2D eigenvalue weighted by atomic mass is 10.5. The second-order valence-corrected chi connectivity index (χ2v) is 2.28. The van der Waals surface area contributed by atoms with E-state index in [9.17, 15) is 4.79 Å². The number of hydrogen-bond acceptors (Lipinski definition) is 2. The zero-order valence-electron chi connectivity index (χ0n) is 7.67. The van der Waals surface area contributed by atoms with E-state index in [0.717, 1.165) is 0 Å². The zero-order valence-corrected chi connectivity index (χ0v) is 7.67. The van der Waals surface area contributed by atoms with Crippen molar-refractivity contribution in [1.82, 2.24) is 10.2 Å². The monoisotopic (exact) mass is 172 g/mol. The molecule has 2 amide bonds. The predicted molar refractivity (Wildman–Crippen MR) is 48.1 cm³/mol. The number of nitrogens with zero attached hydrogens (tertiary/aromatic N) is 1. The van der Waals surface area contributed by atoms with Crippen molar-refractivity contribution >= 4 is 6.03 Å². The van der Waals surface area contributed by atoms with Gasteiger partial charge in [-0.1, -0.05) is 6.08 Å². The Morgan fingerprint density at radius 3 is 2.83 bits per heavy atom. The second kappa shape index (κ2) is 6.67. The van der Waals surface area contributed by atoms with Gasteiger partial charge in [0.2, 0.25) is 0 Å². The number of rotatable bonds is 5. The van der Waals surface area contributed by atoms with Crippen molar-refractivity contribution in [3.63, 3.8) is 0 Å². The number of methoxy groups -OCH3 is 1. The molecular formula is C8H16N2O2. The number of urea groups is 1. The highest BCUT2D eigenvalue weighted by Gasteiger charge is 2.07. The highest BCUT2D eigenvalue weighted by atomic mass is 16.5. The maximum absolute atomic E-state index is 11.1. The molecule has 0 spiro atoms. The van der Waals surface area contributed by atoms with E-state index in [0.29, 0.717) is 19.7 Å². The number of ether oxygens (including phenoxy) is 1.